The monoisotopic (exact) mass is 214 g/mol. The summed E-state index contributed by atoms with van der Waals surface area (Å²) < 4.78 is 16.6. The second kappa shape index (κ2) is 5.28. The molecule has 0 aromatic heterocycles. The Balaban J connectivity index is 1.55. The van der Waals surface area contributed by atoms with Crippen LogP contribution in [0.15, 0.2) is 0 Å². The Hall–Kier alpha value is -0.120. The highest BCUT2D eigenvalue weighted by atomic mass is 16.6. The highest BCUT2D eigenvalue weighted by Gasteiger charge is 2.33. The Bertz CT molecular complexity index is 171. The predicted molar refractivity (Wildman–Crippen MR) is 57.9 cm³/mol. The van der Waals surface area contributed by atoms with Gasteiger partial charge in [-0.1, -0.05) is 13.8 Å². The van der Waals surface area contributed by atoms with Crippen LogP contribution in [-0.2, 0) is 14.2 Å². The van der Waals surface area contributed by atoms with Gasteiger partial charge in [0.2, 0.25) is 0 Å². The van der Waals surface area contributed by atoms with Gasteiger partial charge in [0.05, 0.1) is 38.6 Å². The third-order valence-electron chi connectivity index (χ3n) is 3.64. The van der Waals surface area contributed by atoms with Crippen LogP contribution in [-0.4, -0.2) is 38.6 Å². The van der Waals surface area contributed by atoms with E-state index in [2.05, 4.69) is 13.8 Å². The molecule has 2 heterocycles. The summed E-state index contributed by atoms with van der Waals surface area (Å²) in [5.74, 6) is 1.35. The van der Waals surface area contributed by atoms with Crippen LogP contribution in [0, 0.1) is 11.8 Å². The molecule has 2 aliphatic heterocycles. The molecule has 0 aromatic carbocycles. The third-order valence-corrected chi connectivity index (χ3v) is 3.64. The molecule has 0 amide bonds. The molecule has 15 heavy (non-hydrogen) atoms. The lowest BCUT2D eigenvalue weighted by atomic mass is 9.95. The first-order valence-electron chi connectivity index (χ1n) is 6.16. The summed E-state index contributed by atoms with van der Waals surface area (Å²) >= 11 is 0. The van der Waals surface area contributed by atoms with Gasteiger partial charge in [0.1, 0.15) is 0 Å². The van der Waals surface area contributed by atoms with Crippen molar-refractivity contribution in [2.75, 3.05) is 26.4 Å². The highest BCUT2D eigenvalue weighted by molar-refractivity contribution is 4.79. The van der Waals surface area contributed by atoms with E-state index < -0.39 is 0 Å². The molecule has 3 heteroatoms. The van der Waals surface area contributed by atoms with Crippen LogP contribution in [0.25, 0.3) is 0 Å². The second-order valence-electron chi connectivity index (χ2n) is 4.62. The SMILES string of the molecule is CCC1COC1COCC1COC1CC. The van der Waals surface area contributed by atoms with Crippen molar-refractivity contribution in [2.24, 2.45) is 11.8 Å². The molecule has 0 N–H and O–H groups in total. The number of ether oxygens (including phenoxy) is 3. The number of rotatable bonds is 6. The first kappa shape index (κ1) is 11.4. The third kappa shape index (κ3) is 2.52. The van der Waals surface area contributed by atoms with Crippen molar-refractivity contribution in [1.29, 1.82) is 0 Å². The number of hydrogen-bond donors (Lipinski definition) is 0. The van der Waals surface area contributed by atoms with Gasteiger partial charge in [-0.25, -0.2) is 0 Å². The van der Waals surface area contributed by atoms with Gasteiger partial charge >= 0.3 is 0 Å². The van der Waals surface area contributed by atoms with Crippen LogP contribution in [0.2, 0.25) is 0 Å². The Labute approximate surface area is 92.1 Å². The highest BCUT2D eigenvalue weighted by Crippen LogP contribution is 2.26. The van der Waals surface area contributed by atoms with Crippen LogP contribution in [0.3, 0.4) is 0 Å². The molecule has 2 aliphatic rings. The Morgan fingerprint density at radius 2 is 1.67 bits per heavy atom. The van der Waals surface area contributed by atoms with Gasteiger partial charge in [-0.2, -0.15) is 0 Å². The van der Waals surface area contributed by atoms with E-state index >= 15 is 0 Å². The van der Waals surface area contributed by atoms with Crippen LogP contribution < -0.4 is 0 Å². The van der Waals surface area contributed by atoms with Gasteiger partial charge in [0.25, 0.3) is 0 Å². The van der Waals surface area contributed by atoms with Crippen LogP contribution in [0.4, 0.5) is 0 Å². The molecule has 0 bridgehead atoms. The van der Waals surface area contributed by atoms with Gasteiger partial charge in [-0.05, 0) is 12.8 Å². The summed E-state index contributed by atoms with van der Waals surface area (Å²) in [7, 11) is 0. The quantitative estimate of drug-likeness (QED) is 0.675. The molecule has 2 rings (SSSR count). The van der Waals surface area contributed by atoms with E-state index in [1.54, 1.807) is 0 Å². The molecule has 88 valence electrons. The van der Waals surface area contributed by atoms with Gasteiger partial charge in [0.15, 0.2) is 0 Å². The summed E-state index contributed by atoms with van der Waals surface area (Å²) in [6.45, 7) is 7.79. The molecule has 0 saturated carbocycles. The van der Waals surface area contributed by atoms with E-state index in [1.165, 1.54) is 6.42 Å². The molecule has 0 aliphatic carbocycles. The lowest BCUT2D eigenvalue weighted by molar-refractivity contribution is -0.174. The summed E-state index contributed by atoms with van der Waals surface area (Å²) in [4.78, 5) is 0. The molecule has 0 aromatic rings. The van der Waals surface area contributed by atoms with E-state index in [9.17, 15) is 0 Å². The molecule has 2 saturated heterocycles. The van der Waals surface area contributed by atoms with Gasteiger partial charge in [0, 0.05) is 11.8 Å². The summed E-state index contributed by atoms with van der Waals surface area (Å²) in [6, 6.07) is 0. The fourth-order valence-electron chi connectivity index (χ4n) is 2.24. The van der Waals surface area contributed by atoms with Crippen molar-refractivity contribution in [3.63, 3.8) is 0 Å². The van der Waals surface area contributed by atoms with E-state index in [0.717, 1.165) is 38.8 Å². The predicted octanol–water partition coefficient (Wildman–Crippen LogP) is 1.85. The van der Waals surface area contributed by atoms with Crippen molar-refractivity contribution >= 4 is 0 Å². The molecule has 4 unspecified atom stereocenters. The van der Waals surface area contributed by atoms with Crippen molar-refractivity contribution in [1.82, 2.24) is 0 Å². The van der Waals surface area contributed by atoms with Gasteiger partial charge in [-0.3, -0.25) is 0 Å². The fourth-order valence-corrected chi connectivity index (χ4v) is 2.24. The lowest BCUT2D eigenvalue weighted by Gasteiger charge is -2.38. The first-order chi connectivity index (χ1) is 7.35. The standard InChI is InChI=1S/C12H22O3/c1-3-9-6-15-12(9)8-13-5-10-7-14-11(10)4-2/h9-12H,3-8H2,1-2H3. The van der Waals surface area contributed by atoms with Crippen molar-refractivity contribution in [3.05, 3.63) is 0 Å². The smallest absolute Gasteiger partial charge is 0.0858 e. The zero-order valence-corrected chi connectivity index (χ0v) is 9.78. The first-order valence-corrected chi connectivity index (χ1v) is 6.16. The minimum Gasteiger partial charge on any atom is -0.378 e. The second-order valence-corrected chi connectivity index (χ2v) is 4.62. The summed E-state index contributed by atoms with van der Waals surface area (Å²) in [5, 5.41) is 0. The van der Waals surface area contributed by atoms with Crippen molar-refractivity contribution in [2.45, 2.75) is 38.9 Å². The van der Waals surface area contributed by atoms with Crippen molar-refractivity contribution in [3.8, 4) is 0 Å². The maximum absolute atomic E-state index is 5.70. The molecule has 4 atom stereocenters. The maximum atomic E-state index is 5.70. The fraction of sp³-hybridized carbons (Fsp3) is 1.00. The average Bonchev–Trinajstić information content (AvgIpc) is 2.15. The molecule has 2 fully saturated rings. The minimum atomic E-state index is 0.357. The van der Waals surface area contributed by atoms with Gasteiger partial charge in [-0.15, -0.1) is 0 Å². The van der Waals surface area contributed by atoms with Crippen molar-refractivity contribution < 1.29 is 14.2 Å². The van der Waals surface area contributed by atoms with E-state index in [0.29, 0.717) is 18.1 Å². The molecular formula is C12H22O3. The lowest BCUT2D eigenvalue weighted by Crippen LogP contribution is -2.45. The summed E-state index contributed by atoms with van der Waals surface area (Å²) in [6.07, 6.45) is 3.11. The Morgan fingerprint density at radius 1 is 0.933 bits per heavy atom. The van der Waals surface area contributed by atoms with Crippen LogP contribution >= 0.6 is 0 Å². The normalized spacial score (nSPS) is 39.6. The largest absolute Gasteiger partial charge is 0.378 e. The van der Waals surface area contributed by atoms with E-state index in [1.807, 2.05) is 0 Å². The number of hydrogen-bond acceptors (Lipinski definition) is 3. The molecular weight excluding hydrogens is 192 g/mol. The zero-order chi connectivity index (χ0) is 10.7. The molecule has 3 nitrogen and oxygen atoms in total. The van der Waals surface area contributed by atoms with Gasteiger partial charge < -0.3 is 14.2 Å². The average molecular weight is 214 g/mol. The molecule has 0 spiro atoms. The Kier molecular flexibility index (Phi) is 4.00. The van der Waals surface area contributed by atoms with E-state index in [4.69, 9.17) is 14.2 Å². The maximum Gasteiger partial charge on any atom is 0.0858 e. The summed E-state index contributed by atoms with van der Waals surface area (Å²) in [5.41, 5.74) is 0. The zero-order valence-electron chi connectivity index (χ0n) is 9.78. The van der Waals surface area contributed by atoms with Crippen LogP contribution in [0.1, 0.15) is 26.7 Å². The Morgan fingerprint density at radius 3 is 2.13 bits per heavy atom. The van der Waals surface area contributed by atoms with Crippen LogP contribution in [0.5, 0.6) is 0 Å². The molecule has 0 radical (unpaired) electrons. The van der Waals surface area contributed by atoms with E-state index in [-0.39, 0.29) is 0 Å². The minimum absolute atomic E-state index is 0.357. The topological polar surface area (TPSA) is 27.7 Å².